The van der Waals surface area contributed by atoms with Crippen LogP contribution in [0.4, 0.5) is 21.7 Å². The van der Waals surface area contributed by atoms with Gasteiger partial charge >= 0.3 is 0 Å². The van der Waals surface area contributed by atoms with Gasteiger partial charge in [0, 0.05) is 86.0 Å². The highest BCUT2D eigenvalue weighted by atomic mass is 32.2. The minimum absolute atomic E-state index is 0.138. The fourth-order valence-corrected chi connectivity index (χ4v) is 12.4. The van der Waals surface area contributed by atoms with Crippen LogP contribution in [-0.2, 0) is 14.4 Å². The van der Waals surface area contributed by atoms with E-state index in [1.54, 1.807) is 35.7 Å². The predicted octanol–water partition coefficient (Wildman–Crippen LogP) is 7.41. The second-order valence-corrected chi connectivity index (χ2v) is 20.8. The SMILES string of the molecule is CCCSNc1cccc(-c2nc(C3CCC4(CC3)CN(C(=O)CC3CCN(C5CCN(c6ccc7c(c6)C(=O)NC7=O)CC5)CC3)C4)sc2-c2ccnc(N)n2)c1F.O=C1CCCC(=O)N1. The molecule has 18 heteroatoms. The van der Waals surface area contributed by atoms with Gasteiger partial charge in [-0.15, -0.1) is 11.3 Å². The molecule has 0 bridgehead atoms. The van der Waals surface area contributed by atoms with Crippen molar-refractivity contribution in [1.29, 1.82) is 0 Å². The molecule has 0 unspecified atom stereocenters. The number of amides is 5. The molecule has 4 saturated heterocycles. The van der Waals surface area contributed by atoms with E-state index < -0.39 is 0 Å². The maximum Gasteiger partial charge on any atom is 0.259 e. The fraction of sp³-hybridized carbons (Fsp3) is 0.510. The molecule has 7 heterocycles. The van der Waals surface area contributed by atoms with Gasteiger partial charge in [0.25, 0.3) is 11.8 Å². The number of anilines is 3. The van der Waals surface area contributed by atoms with Crippen molar-refractivity contribution < 1.29 is 28.4 Å². The van der Waals surface area contributed by atoms with E-state index in [-0.39, 0.29) is 46.7 Å². The van der Waals surface area contributed by atoms with Gasteiger partial charge < -0.3 is 25.2 Å². The van der Waals surface area contributed by atoms with E-state index in [2.05, 4.69) is 46.9 Å². The molecule has 4 aromatic rings. The molecule has 1 aliphatic carbocycles. The van der Waals surface area contributed by atoms with Crippen molar-refractivity contribution in [1.82, 2.24) is 35.4 Å². The number of likely N-dealkylation sites (tertiary alicyclic amines) is 2. The summed E-state index contributed by atoms with van der Waals surface area (Å²) in [7, 11) is 0. The number of halogens is 1. The van der Waals surface area contributed by atoms with Crippen molar-refractivity contribution in [2.24, 2.45) is 11.3 Å². The van der Waals surface area contributed by atoms with Crippen LogP contribution in [0.15, 0.2) is 48.7 Å². The highest BCUT2D eigenvalue weighted by Gasteiger charge is 2.48. The number of hydrogen-bond donors (Lipinski definition) is 4. The maximum absolute atomic E-state index is 16.0. The van der Waals surface area contributed by atoms with Gasteiger partial charge in [0.2, 0.25) is 23.7 Å². The van der Waals surface area contributed by atoms with Gasteiger partial charge in [-0.05, 0) is 120 Å². The number of benzene rings is 2. The number of rotatable bonds is 11. The van der Waals surface area contributed by atoms with Crippen LogP contribution in [0.5, 0.6) is 0 Å². The Morgan fingerprint density at radius 2 is 1.63 bits per heavy atom. The Morgan fingerprint density at radius 3 is 2.31 bits per heavy atom. The largest absolute Gasteiger partial charge is 0.371 e. The summed E-state index contributed by atoms with van der Waals surface area (Å²) in [5.74, 6) is 0.820. The molecular formula is C49H59FN10O5S2. The number of nitrogens with one attached hydrogen (secondary N) is 3. The lowest BCUT2D eigenvalue weighted by molar-refractivity contribution is -0.147. The van der Waals surface area contributed by atoms with Crippen LogP contribution in [-0.4, -0.2) is 105 Å². The van der Waals surface area contributed by atoms with Gasteiger partial charge in [-0.1, -0.05) is 24.9 Å². The predicted molar refractivity (Wildman–Crippen MR) is 259 cm³/mol. The highest BCUT2D eigenvalue weighted by molar-refractivity contribution is 8.00. The number of carbonyl (C=O) groups excluding carboxylic acids is 5. The van der Waals surface area contributed by atoms with Crippen LogP contribution in [0, 0.1) is 17.2 Å². The number of carbonyl (C=O) groups is 5. The molecule has 2 aromatic carbocycles. The second-order valence-electron chi connectivity index (χ2n) is 18.9. The summed E-state index contributed by atoms with van der Waals surface area (Å²) in [4.78, 5) is 79.9. The van der Waals surface area contributed by atoms with E-state index in [4.69, 9.17) is 10.7 Å². The number of aromatic nitrogens is 3. The van der Waals surface area contributed by atoms with Gasteiger partial charge in [0.05, 0.1) is 38.1 Å². The van der Waals surface area contributed by atoms with E-state index in [1.165, 1.54) is 11.9 Å². The van der Waals surface area contributed by atoms with Crippen molar-refractivity contribution in [3.8, 4) is 21.8 Å². The number of thiazole rings is 1. The van der Waals surface area contributed by atoms with Crippen LogP contribution in [0.25, 0.3) is 21.8 Å². The first-order chi connectivity index (χ1) is 32.5. The minimum atomic E-state index is -0.327. The average Bonchev–Trinajstić information content (AvgIpc) is 3.89. The zero-order valence-electron chi connectivity index (χ0n) is 38.0. The molecule has 67 heavy (non-hydrogen) atoms. The Labute approximate surface area is 398 Å². The number of piperidine rings is 3. The zero-order chi connectivity index (χ0) is 46.7. The molecule has 5 fully saturated rings. The molecule has 2 aromatic heterocycles. The third-order valence-electron chi connectivity index (χ3n) is 14.4. The summed E-state index contributed by atoms with van der Waals surface area (Å²) in [5, 5.41) is 5.58. The summed E-state index contributed by atoms with van der Waals surface area (Å²) in [6.45, 7) is 7.70. The Balaban J connectivity index is 0.000000638. The first kappa shape index (κ1) is 46.6. The smallest absolute Gasteiger partial charge is 0.259 e. The van der Waals surface area contributed by atoms with Gasteiger partial charge in [-0.25, -0.2) is 19.3 Å². The summed E-state index contributed by atoms with van der Waals surface area (Å²) in [5.41, 5.74) is 10.2. The molecular weight excluding hydrogens is 892 g/mol. The van der Waals surface area contributed by atoms with Crippen molar-refractivity contribution >= 4 is 70.1 Å². The molecule has 1 saturated carbocycles. The molecule has 6 aliphatic rings. The second kappa shape index (κ2) is 20.4. The number of nitrogens with two attached hydrogens (primary N) is 1. The molecule has 5 amide bonds. The molecule has 15 nitrogen and oxygen atoms in total. The number of nitrogen functional groups attached to an aromatic ring is 1. The normalized spacial score (nSPS) is 20.2. The lowest BCUT2D eigenvalue weighted by Crippen LogP contribution is -2.59. The van der Waals surface area contributed by atoms with Crippen LogP contribution in [0.1, 0.15) is 122 Å². The third-order valence-corrected chi connectivity index (χ3v) is 16.6. The Bertz CT molecular complexity index is 2490. The summed E-state index contributed by atoms with van der Waals surface area (Å²) >= 11 is 3.07. The van der Waals surface area contributed by atoms with E-state index in [0.717, 1.165) is 118 Å². The lowest BCUT2D eigenvalue weighted by atomic mass is 9.66. The van der Waals surface area contributed by atoms with Gasteiger partial charge in [-0.3, -0.25) is 34.6 Å². The molecule has 5 aliphatic heterocycles. The van der Waals surface area contributed by atoms with Crippen LogP contribution in [0.2, 0.25) is 0 Å². The van der Waals surface area contributed by atoms with E-state index in [9.17, 15) is 24.0 Å². The van der Waals surface area contributed by atoms with Crippen LogP contribution < -0.4 is 26.0 Å². The number of hydrogen-bond acceptors (Lipinski definition) is 14. The Hall–Kier alpha value is -5.46. The van der Waals surface area contributed by atoms with Crippen molar-refractivity contribution in [2.75, 3.05) is 60.4 Å². The quantitative estimate of drug-likeness (QED) is 0.0660. The van der Waals surface area contributed by atoms with Gasteiger partial charge in [0.1, 0.15) is 0 Å². The van der Waals surface area contributed by atoms with Gasteiger partial charge in [0.15, 0.2) is 5.82 Å². The molecule has 1 spiro atoms. The van der Waals surface area contributed by atoms with Crippen molar-refractivity contribution in [3.05, 3.63) is 70.6 Å². The monoisotopic (exact) mass is 950 g/mol. The summed E-state index contributed by atoms with van der Waals surface area (Å²) in [6, 6.07) is 13.3. The topological polar surface area (TPSA) is 196 Å². The molecule has 354 valence electrons. The first-order valence-electron chi connectivity index (χ1n) is 23.8. The average molecular weight is 951 g/mol. The number of nitrogens with zero attached hydrogens (tertiary/aromatic N) is 6. The number of imide groups is 2. The summed E-state index contributed by atoms with van der Waals surface area (Å²) < 4.78 is 19.2. The Morgan fingerprint density at radius 1 is 0.896 bits per heavy atom. The molecule has 5 N–H and O–H groups in total. The molecule has 10 rings (SSSR count). The van der Waals surface area contributed by atoms with Crippen molar-refractivity contribution in [3.63, 3.8) is 0 Å². The van der Waals surface area contributed by atoms with Crippen molar-refractivity contribution in [2.45, 2.75) is 102 Å². The van der Waals surface area contributed by atoms with E-state index >= 15 is 4.39 Å². The zero-order valence-corrected chi connectivity index (χ0v) is 39.6. The van der Waals surface area contributed by atoms with Crippen LogP contribution in [0.3, 0.4) is 0 Å². The van der Waals surface area contributed by atoms with Crippen LogP contribution >= 0.6 is 23.3 Å². The minimum Gasteiger partial charge on any atom is -0.371 e. The van der Waals surface area contributed by atoms with E-state index in [1.807, 2.05) is 24.3 Å². The maximum atomic E-state index is 16.0. The lowest BCUT2D eigenvalue weighted by Gasteiger charge is -2.53. The summed E-state index contributed by atoms with van der Waals surface area (Å²) in [6.07, 6.45) is 13.3. The van der Waals surface area contributed by atoms with E-state index in [0.29, 0.717) is 77.3 Å². The highest BCUT2D eigenvalue weighted by Crippen LogP contribution is 2.51. The molecule has 0 radical (unpaired) electrons. The Kier molecular flexibility index (Phi) is 14.2. The standard InChI is InChI=1S/C44H52FN9O3S2.C5H7NO2/c1-2-22-58-51-34-5-3-4-32(37(34)45)38-39(35-10-17-47-43(46)48-35)59-42(49-38)28-8-15-44(16-9-28)25-54(26-44)36(55)23-27-11-18-52(19-12-27)29-13-20-53(21-14-29)30-6-7-31-33(24-30)41(57)50-40(31)56;7-4-2-1-3-5(8)6-4/h3-7,10,17,24,27-29,51H,2,8-9,11-16,18-23,25-26H2,1H3,(H2,46,47,48)(H,50,56,57);1-3H2,(H,6,7,8). The number of fused-ring (bicyclic) bond motifs is 1. The van der Waals surface area contributed by atoms with Gasteiger partial charge in [-0.2, -0.15) is 0 Å². The fourth-order valence-electron chi connectivity index (χ4n) is 10.6. The first-order valence-corrected chi connectivity index (χ1v) is 25.6. The third kappa shape index (κ3) is 10.5. The molecule has 0 atom stereocenters.